The van der Waals surface area contributed by atoms with Gasteiger partial charge >= 0.3 is 0 Å². The fourth-order valence-electron chi connectivity index (χ4n) is 5.16. The molecule has 0 amide bonds. The summed E-state index contributed by atoms with van der Waals surface area (Å²) in [5.74, 6) is 1.06. The zero-order valence-electron chi connectivity index (χ0n) is 20.3. The van der Waals surface area contributed by atoms with E-state index < -0.39 is 5.75 Å². The molecule has 9 nitrogen and oxygen atoms in total. The smallest absolute Gasteiger partial charge is 0.231 e. The first kappa shape index (κ1) is 25.2. The van der Waals surface area contributed by atoms with Gasteiger partial charge in [0.25, 0.3) is 0 Å². The topological polar surface area (TPSA) is 99.4 Å². The lowest BCUT2D eigenvalue weighted by atomic mass is 9.85. The summed E-state index contributed by atoms with van der Waals surface area (Å²) in [5, 5.41) is 13.8. The summed E-state index contributed by atoms with van der Waals surface area (Å²) in [6.45, 7) is 0.927. The molecule has 1 unspecified atom stereocenters. The van der Waals surface area contributed by atoms with Gasteiger partial charge in [-0.15, -0.1) is 24.0 Å². The van der Waals surface area contributed by atoms with Crippen LogP contribution in [0, 0.1) is 0 Å². The Hall–Kier alpha value is -2.86. The van der Waals surface area contributed by atoms with Gasteiger partial charge in [0.1, 0.15) is 11.8 Å². The molecular weight excluding hydrogens is 569 g/mol. The molecule has 0 N–H and O–H groups in total. The number of carbonyl (C=O) groups excluding carboxylic acids is 1. The molecule has 35 heavy (non-hydrogen) atoms. The minimum absolute atomic E-state index is 0. The Morgan fingerprint density at radius 2 is 1.83 bits per heavy atom. The lowest BCUT2D eigenvalue weighted by molar-refractivity contribution is -0.922. The van der Waals surface area contributed by atoms with E-state index in [-0.39, 0.29) is 71.7 Å². The van der Waals surface area contributed by atoms with E-state index in [1.54, 1.807) is 13.2 Å². The molecule has 1 aromatic heterocycles. The number of hydrogen-bond donors (Lipinski definition) is 0. The maximum Gasteiger partial charge on any atom is 0.231 e. The monoisotopic (exact) mass is 597 g/mol. The van der Waals surface area contributed by atoms with E-state index in [2.05, 4.69) is 14.1 Å². The zero-order valence-corrected chi connectivity index (χ0v) is 22.6. The molecule has 0 saturated heterocycles. The van der Waals surface area contributed by atoms with Gasteiger partial charge in [0, 0.05) is 6.42 Å². The molecule has 10 heteroatoms. The third-order valence-electron chi connectivity index (χ3n) is 6.92. The van der Waals surface area contributed by atoms with E-state index in [0.717, 1.165) is 24.1 Å². The molecule has 0 aliphatic carbocycles. The Labute approximate surface area is 220 Å². The van der Waals surface area contributed by atoms with Crippen molar-refractivity contribution in [1.82, 2.24) is 0 Å². The van der Waals surface area contributed by atoms with Crippen molar-refractivity contribution in [3.05, 3.63) is 35.1 Å². The minimum Gasteiger partial charge on any atom is -0.869 e. The standard InChI is InChI=1S/C25H27NO8.HI/c1-26(2)8-6-13-10-17-23(34-12-33-17)24(30-4)18(13)15(26)11-16(27)19-20(28)25(31-5)22-14(7-9-32-22)21(19)29-3;/h7,9-10,15H,6,8,11-12H2,1-5H3;1H. The molecule has 3 heterocycles. The average molecular weight is 597 g/mol. The number of fused-ring (bicyclic) bond motifs is 3. The molecule has 0 fully saturated rings. The van der Waals surface area contributed by atoms with Crippen LogP contribution in [0.4, 0.5) is 0 Å². The summed E-state index contributed by atoms with van der Waals surface area (Å²) < 4.78 is 33.9. The van der Waals surface area contributed by atoms with Crippen LogP contribution in [0.3, 0.4) is 0 Å². The third-order valence-corrected chi connectivity index (χ3v) is 6.92. The fourth-order valence-corrected chi connectivity index (χ4v) is 5.16. The number of benzene rings is 2. The predicted octanol–water partition coefficient (Wildman–Crippen LogP) is 3.83. The summed E-state index contributed by atoms with van der Waals surface area (Å²) >= 11 is 0. The van der Waals surface area contributed by atoms with Gasteiger partial charge in [-0.05, 0) is 23.4 Å². The maximum absolute atomic E-state index is 13.8. The second-order valence-electron chi connectivity index (χ2n) is 9.05. The van der Waals surface area contributed by atoms with E-state index in [0.29, 0.717) is 27.1 Å². The van der Waals surface area contributed by atoms with Gasteiger partial charge in [0.15, 0.2) is 28.6 Å². The van der Waals surface area contributed by atoms with Crippen molar-refractivity contribution in [1.29, 1.82) is 0 Å². The Balaban J connectivity index is 0.00000289. The number of ether oxygens (including phenoxy) is 5. The Bertz CT molecular complexity index is 1300. The first-order valence-corrected chi connectivity index (χ1v) is 11.0. The molecule has 188 valence electrons. The van der Waals surface area contributed by atoms with E-state index in [4.69, 9.17) is 28.1 Å². The van der Waals surface area contributed by atoms with E-state index in [1.165, 1.54) is 20.5 Å². The first-order valence-electron chi connectivity index (χ1n) is 11.0. The molecule has 0 spiro atoms. The molecule has 2 aromatic carbocycles. The first-order chi connectivity index (χ1) is 16.3. The van der Waals surface area contributed by atoms with E-state index in [9.17, 15) is 9.90 Å². The van der Waals surface area contributed by atoms with Gasteiger partial charge in [-0.1, -0.05) is 0 Å². The predicted molar refractivity (Wildman–Crippen MR) is 136 cm³/mol. The van der Waals surface area contributed by atoms with Crippen LogP contribution in [0.15, 0.2) is 22.8 Å². The van der Waals surface area contributed by atoms with Crippen molar-refractivity contribution in [2.75, 3.05) is 48.8 Å². The van der Waals surface area contributed by atoms with Crippen LogP contribution >= 0.6 is 24.0 Å². The van der Waals surface area contributed by atoms with Crippen LogP contribution in [0.1, 0.15) is 33.9 Å². The lowest BCUT2D eigenvalue weighted by Gasteiger charge is -2.43. The number of methoxy groups -OCH3 is 3. The second kappa shape index (κ2) is 9.30. The van der Waals surface area contributed by atoms with Crippen LogP contribution in [0.5, 0.6) is 34.5 Å². The summed E-state index contributed by atoms with van der Waals surface area (Å²) in [4.78, 5) is 13.8. The molecule has 2 aliphatic rings. The Kier molecular flexibility index (Phi) is 6.71. The van der Waals surface area contributed by atoms with Crippen molar-refractivity contribution in [2.45, 2.75) is 18.9 Å². The van der Waals surface area contributed by atoms with Crippen molar-refractivity contribution in [3.8, 4) is 34.5 Å². The SMILES string of the molecule is COc1c2c(cc3c1C(CC(=O)c1c([O-])c(OC)c4occc4c1OC)[N+](C)(C)CC3)OCO2.I. The minimum atomic E-state index is -0.550. The van der Waals surface area contributed by atoms with Crippen molar-refractivity contribution in [3.63, 3.8) is 0 Å². The number of halogens is 1. The number of hydrogen-bond acceptors (Lipinski definition) is 8. The van der Waals surface area contributed by atoms with Gasteiger partial charge < -0.3 is 37.7 Å². The maximum atomic E-state index is 13.8. The number of rotatable bonds is 6. The van der Waals surface area contributed by atoms with Crippen LogP contribution in [-0.2, 0) is 6.42 Å². The highest BCUT2D eigenvalue weighted by Gasteiger charge is 2.43. The van der Waals surface area contributed by atoms with E-state index in [1.807, 2.05) is 6.07 Å². The molecule has 3 aromatic rings. The third kappa shape index (κ3) is 3.83. The number of carbonyl (C=O) groups is 1. The van der Waals surface area contributed by atoms with E-state index >= 15 is 0 Å². The molecule has 0 saturated carbocycles. The van der Waals surface area contributed by atoms with Crippen molar-refractivity contribution in [2.24, 2.45) is 0 Å². The average Bonchev–Trinajstić information content (AvgIpc) is 3.48. The van der Waals surface area contributed by atoms with Crippen LogP contribution < -0.4 is 28.8 Å². The quantitative estimate of drug-likeness (QED) is 0.240. The normalized spacial score (nSPS) is 17.5. The summed E-state index contributed by atoms with van der Waals surface area (Å²) in [6.07, 6.45) is 2.30. The highest BCUT2D eigenvalue weighted by Crippen LogP contribution is 2.52. The molecule has 0 bridgehead atoms. The molecule has 5 rings (SSSR count). The number of Topliss-reactive ketones (excluding diaryl/α,β-unsaturated/α-hetero) is 1. The summed E-state index contributed by atoms with van der Waals surface area (Å²) in [7, 11) is 8.54. The molecular formula is C25H28INO8. The second-order valence-corrected chi connectivity index (χ2v) is 9.05. The van der Waals surface area contributed by atoms with Gasteiger partial charge in [-0.25, -0.2) is 0 Å². The number of furan rings is 1. The number of ketones is 1. The summed E-state index contributed by atoms with van der Waals surface area (Å²) in [6, 6.07) is 3.35. The van der Waals surface area contributed by atoms with Crippen LogP contribution in [0.2, 0.25) is 0 Å². The Morgan fingerprint density at radius 1 is 1.11 bits per heavy atom. The highest BCUT2D eigenvalue weighted by molar-refractivity contribution is 14.0. The number of quaternary nitrogens is 1. The van der Waals surface area contributed by atoms with Gasteiger partial charge in [0.2, 0.25) is 12.5 Å². The largest absolute Gasteiger partial charge is 0.869 e. The van der Waals surface area contributed by atoms with Crippen LogP contribution in [0.25, 0.3) is 11.0 Å². The lowest BCUT2D eigenvalue weighted by Crippen LogP contribution is -2.48. The van der Waals surface area contributed by atoms with Gasteiger partial charge in [-0.2, -0.15) is 0 Å². The molecule has 0 radical (unpaired) electrons. The van der Waals surface area contributed by atoms with Gasteiger partial charge in [0.05, 0.1) is 71.2 Å². The number of nitrogens with zero attached hydrogens (tertiary/aromatic N) is 1. The van der Waals surface area contributed by atoms with Crippen molar-refractivity contribution >= 4 is 40.7 Å². The Morgan fingerprint density at radius 3 is 2.51 bits per heavy atom. The molecule has 1 atom stereocenters. The fraction of sp³-hybridized carbons (Fsp3) is 0.400. The molecule has 2 aliphatic heterocycles. The summed E-state index contributed by atoms with van der Waals surface area (Å²) in [5.41, 5.74) is 2.17. The van der Waals surface area contributed by atoms with Crippen LogP contribution in [-0.4, -0.2) is 59.0 Å². The number of likely N-dealkylation sites (N-methyl/N-ethyl adjacent to an activating group) is 1. The zero-order chi connectivity index (χ0) is 24.2. The van der Waals surface area contributed by atoms with Crippen molar-refractivity contribution < 1.29 is 42.5 Å². The highest BCUT2D eigenvalue weighted by atomic mass is 127. The van der Waals surface area contributed by atoms with Gasteiger partial charge in [-0.3, -0.25) is 4.79 Å².